The summed E-state index contributed by atoms with van der Waals surface area (Å²) in [6, 6.07) is -0.248. The highest BCUT2D eigenvalue weighted by molar-refractivity contribution is 7.99. The van der Waals surface area contributed by atoms with Crippen LogP contribution < -0.4 is 5.32 Å². The molecule has 0 radical (unpaired) electrons. The Morgan fingerprint density at radius 2 is 2.00 bits per heavy atom. The average Bonchev–Trinajstić information content (AvgIpc) is 2.65. The second-order valence-electron chi connectivity index (χ2n) is 4.78. The lowest BCUT2D eigenvalue weighted by Gasteiger charge is -2.24. The van der Waals surface area contributed by atoms with Gasteiger partial charge in [-0.25, -0.2) is 0 Å². The predicted molar refractivity (Wildman–Crippen MR) is 75.6 cm³/mol. The van der Waals surface area contributed by atoms with Gasteiger partial charge in [0.15, 0.2) is 0 Å². The molecule has 1 fully saturated rings. The molecule has 0 aromatic heterocycles. The first kappa shape index (κ1) is 15.5. The van der Waals surface area contributed by atoms with Crippen molar-refractivity contribution in [1.29, 1.82) is 0 Å². The van der Waals surface area contributed by atoms with Crippen LogP contribution in [0, 0.1) is 0 Å². The van der Waals surface area contributed by atoms with Crippen LogP contribution >= 0.6 is 11.8 Å². The number of carbonyl (C=O) groups is 2. The van der Waals surface area contributed by atoms with Crippen LogP contribution in [0.3, 0.4) is 0 Å². The minimum absolute atomic E-state index is 0.0250. The summed E-state index contributed by atoms with van der Waals surface area (Å²) in [6.07, 6.45) is 4.03. The Morgan fingerprint density at radius 1 is 1.39 bits per heavy atom. The van der Waals surface area contributed by atoms with Crippen LogP contribution in [0.1, 0.15) is 40.0 Å². The van der Waals surface area contributed by atoms with E-state index in [-0.39, 0.29) is 23.9 Å². The molecule has 104 valence electrons. The smallest absolute Gasteiger partial charge is 0.247 e. The minimum Gasteiger partial charge on any atom is -0.304 e. The second-order valence-corrected chi connectivity index (χ2v) is 6.06. The van der Waals surface area contributed by atoms with Gasteiger partial charge >= 0.3 is 0 Å². The fourth-order valence-corrected chi connectivity index (χ4v) is 2.50. The highest BCUT2D eigenvalue weighted by Crippen LogP contribution is 2.20. The van der Waals surface area contributed by atoms with Crippen molar-refractivity contribution in [2.75, 3.05) is 12.8 Å². The van der Waals surface area contributed by atoms with Crippen LogP contribution in [-0.4, -0.2) is 46.8 Å². The number of imide groups is 1. The summed E-state index contributed by atoms with van der Waals surface area (Å²) in [5.41, 5.74) is 0. The zero-order chi connectivity index (χ0) is 13.7. The number of thioether (sulfide) groups is 1. The number of rotatable bonds is 7. The Labute approximate surface area is 114 Å². The lowest BCUT2D eigenvalue weighted by atomic mass is 10.1. The molecular formula is C13H24N2O2S. The third kappa shape index (κ3) is 3.48. The van der Waals surface area contributed by atoms with Crippen LogP contribution in [0.4, 0.5) is 0 Å². The van der Waals surface area contributed by atoms with E-state index in [0.717, 1.165) is 19.4 Å². The Bertz CT molecular complexity index is 305. The van der Waals surface area contributed by atoms with E-state index in [1.54, 1.807) is 11.8 Å². The number of nitrogens with one attached hydrogen (secondary N) is 1. The van der Waals surface area contributed by atoms with E-state index in [0.29, 0.717) is 11.7 Å². The second kappa shape index (κ2) is 7.14. The van der Waals surface area contributed by atoms with Gasteiger partial charge in [-0.3, -0.25) is 14.5 Å². The molecule has 18 heavy (non-hydrogen) atoms. The number of carbonyl (C=O) groups excluding carboxylic acids is 2. The molecule has 0 aromatic carbocycles. The molecule has 0 saturated carbocycles. The summed E-state index contributed by atoms with van der Waals surface area (Å²) >= 11 is 1.75. The monoisotopic (exact) mass is 272 g/mol. The molecule has 0 spiro atoms. The summed E-state index contributed by atoms with van der Waals surface area (Å²) in [4.78, 5) is 25.6. The third-order valence-corrected chi connectivity index (χ3v) is 4.52. The molecule has 1 aliphatic heterocycles. The standard InChI is InChI=1S/C13H24N2O2S/c1-5-10(6-2)15-12(16)7-11(13(15)17)14-8-9(3)18-4/h9-11,14H,5-8H2,1-4H3. The van der Waals surface area contributed by atoms with Crippen LogP contribution in [0.15, 0.2) is 0 Å². The van der Waals surface area contributed by atoms with E-state index in [9.17, 15) is 9.59 Å². The van der Waals surface area contributed by atoms with Crippen molar-refractivity contribution < 1.29 is 9.59 Å². The van der Waals surface area contributed by atoms with Gasteiger partial charge in [0.05, 0.1) is 12.5 Å². The van der Waals surface area contributed by atoms with Crippen molar-refractivity contribution >= 4 is 23.6 Å². The van der Waals surface area contributed by atoms with Crippen LogP contribution in [0.5, 0.6) is 0 Å². The van der Waals surface area contributed by atoms with E-state index in [2.05, 4.69) is 12.2 Å². The molecule has 4 nitrogen and oxygen atoms in total. The van der Waals surface area contributed by atoms with Crippen molar-refractivity contribution in [3.8, 4) is 0 Å². The first-order valence-corrected chi connectivity index (χ1v) is 7.95. The molecule has 1 heterocycles. The van der Waals surface area contributed by atoms with Crippen molar-refractivity contribution in [2.24, 2.45) is 0 Å². The summed E-state index contributed by atoms with van der Waals surface area (Å²) in [5, 5.41) is 3.67. The van der Waals surface area contributed by atoms with E-state index in [4.69, 9.17) is 0 Å². The molecule has 2 unspecified atom stereocenters. The van der Waals surface area contributed by atoms with Gasteiger partial charge in [-0.2, -0.15) is 11.8 Å². The zero-order valence-corrected chi connectivity index (χ0v) is 12.5. The fraction of sp³-hybridized carbons (Fsp3) is 0.846. The van der Waals surface area contributed by atoms with Gasteiger partial charge in [0.25, 0.3) is 0 Å². The molecule has 0 bridgehead atoms. The molecule has 1 rings (SSSR count). The molecule has 2 atom stereocenters. The highest BCUT2D eigenvalue weighted by Gasteiger charge is 2.40. The normalized spacial score (nSPS) is 22.1. The Hall–Kier alpha value is -0.550. The Morgan fingerprint density at radius 3 is 2.50 bits per heavy atom. The minimum atomic E-state index is -0.312. The fourth-order valence-electron chi connectivity index (χ4n) is 2.24. The molecule has 5 heteroatoms. The molecule has 0 aliphatic carbocycles. The molecule has 0 aromatic rings. The summed E-state index contributed by atoms with van der Waals surface area (Å²) in [7, 11) is 0. The molecule has 1 N–H and O–H groups in total. The maximum atomic E-state index is 12.2. The quantitative estimate of drug-likeness (QED) is 0.716. The summed E-state index contributed by atoms with van der Waals surface area (Å²) in [5.74, 6) is -0.0648. The van der Waals surface area contributed by atoms with E-state index in [1.165, 1.54) is 4.90 Å². The predicted octanol–water partition coefficient (Wildman–Crippen LogP) is 1.64. The van der Waals surface area contributed by atoms with Crippen molar-refractivity contribution in [1.82, 2.24) is 10.2 Å². The van der Waals surface area contributed by atoms with E-state index < -0.39 is 0 Å². The maximum absolute atomic E-state index is 12.2. The first-order valence-electron chi connectivity index (χ1n) is 6.67. The lowest BCUT2D eigenvalue weighted by molar-refractivity contribution is -0.141. The first-order chi connectivity index (χ1) is 8.54. The van der Waals surface area contributed by atoms with Crippen molar-refractivity contribution in [2.45, 2.75) is 57.4 Å². The van der Waals surface area contributed by atoms with E-state index >= 15 is 0 Å². The largest absolute Gasteiger partial charge is 0.304 e. The number of hydrogen-bond donors (Lipinski definition) is 1. The SMILES string of the molecule is CCC(CC)N1C(=O)CC(NCC(C)SC)C1=O. The van der Waals surface area contributed by atoms with Gasteiger partial charge in [-0.1, -0.05) is 20.8 Å². The van der Waals surface area contributed by atoms with Gasteiger partial charge in [0, 0.05) is 17.8 Å². The highest BCUT2D eigenvalue weighted by atomic mass is 32.2. The van der Waals surface area contributed by atoms with E-state index in [1.807, 2.05) is 20.1 Å². The van der Waals surface area contributed by atoms with Gasteiger partial charge in [-0.15, -0.1) is 0 Å². The molecular weight excluding hydrogens is 248 g/mol. The van der Waals surface area contributed by atoms with Gasteiger partial charge < -0.3 is 5.32 Å². The van der Waals surface area contributed by atoms with Crippen LogP contribution in [-0.2, 0) is 9.59 Å². The maximum Gasteiger partial charge on any atom is 0.247 e. The van der Waals surface area contributed by atoms with Gasteiger partial charge in [0.1, 0.15) is 0 Å². The number of hydrogen-bond acceptors (Lipinski definition) is 4. The van der Waals surface area contributed by atoms with Gasteiger partial charge in [0.2, 0.25) is 11.8 Å². The summed E-state index contributed by atoms with van der Waals surface area (Å²) in [6.45, 7) is 6.91. The average molecular weight is 272 g/mol. The van der Waals surface area contributed by atoms with Gasteiger partial charge in [-0.05, 0) is 19.1 Å². The van der Waals surface area contributed by atoms with Crippen LogP contribution in [0.25, 0.3) is 0 Å². The third-order valence-electron chi connectivity index (χ3n) is 3.54. The molecule has 1 saturated heterocycles. The lowest BCUT2D eigenvalue weighted by Crippen LogP contribution is -2.44. The van der Waals surface area contributed by atoms with Crippen molar-refractivity contribution in [3.05, 3.63) is 0 Å². The number of nitrogens with zero attached hydrogens (tertiary/aromatic N) is 1. The Balaban J connectivity index is 2.60. The Kier molecular flexibility index (Phi) is 6.15. The molecule has 1 aliphatic rings. The number of likely N-dealkylation sites (tertiary alicyclic amines) is 1. The molecule has 2 amide bonds. The zero-order valence-electron chi connectivity index (χ0n) is 11.7. The topological polar surface area (TPSA) is 49.4 Å². The summed E-state index contributed by atoms with van der Waals surface area (Å²) < 4.78 is 0. The van der Waals surface area contributed by atoms with Crippen LogP contribution in [0.2, 0.25) is 0 Å². The van der Waals surface area contributed by atoms with Crippen molar-refractivity contribution in [3.63, 3.8) is 0 Å². The number of amides is 2.